The average molecular weight is 551 g/mol. The van der Waals surface area contributed by atoms with Crippen LogP contribution in [0.4, 0.5) is 11.4 Å². The van der Waals surface area contributed by atoms with Crippen molar-refractivity contribution >= 4 is 69.3 Å². The van der Waals surface area contributed by atoms with Crippen LogP contribution in [0.25, 0.3) is 11.6 Å². The summed E-state index contributed by atoms with van der Waals surface area (Å²) >= 11 is 9.30. The van der Waals surface area contributed by atoms with Crippen LogP contribution in [0.15, 0.2) is 74.4 Å². The number of para-hydroxylation sites is 1. The minimum absolute atomic E-state index is 0.103. The van der Waals surface area contributed by atoms with E-state index in [1.165, 1.54) is 16.3 Å². The lowest BCUT2D eigenvalue weighted by molar-refractivity contribution is -0.112. The number of carbonyl (C=O) groups excluding carboxylic acids is 1. The molecule has 2 aromatic carbocycles. The molecule has 0 saturated carbocycles. The smallest absolute Gasteiger partial charge is 0.283 e. The summed E-state index contributed by atoms with van der Waals surface area (Å²) in [6.07, 6.45) is 6.01. The number of anilines is 2. The molecule has 2 aliphatic heterocycles. The molecular weight excluding hydrogens is 524 g/mol. The number of thioether (sulfide) groups is 1. The molecule has 6 nitrogen and oxygen atoms in total. The van der Waals surface area contributed by atoms with E-state index in [0.717, 1.165) is 35.0 Å². The van der Waals surface area contributed by atoms with E-state index in [1.54, 1.807) is 16.3 Å². The summed E-state index contributed by atoms with van der Waals surface area (Å²) in [5.41, 5.74) is 2.77. The van der Waals surface area contributed by atoms with Crippen LogP contribution in [-0.4, -0.2) is 22.7 Å². The third-order valence-corrected chi connectivity index (χ3v) is 8.78. The molecule has 0 N–H and O–H groups in total. The summed E-state index contributed by atoms with van der Waals surface area (Å²) in [5.74, 6) is -0.221. The number of carbonyl (C=O) groups is 1. The fourth-order valence-electron chi connectivity index (χ4n) is 4.40. The Morgan fingerprint density at radius 3 is 2.57 bits per heavy atom. The molecule has 5 rings (SSSR count). The van der Waals surface area contributed by atoms with E-state index < -0.39 is 0 Å². The van der Waals surface area contributed by atoms with Crippen molar-refractivity contribution in [2.24, 2.45) is 5.10 Å². The van der Waals surface area contributed by atoms with E-state index in [-0.39, 0.29) is 11.5 Å². The van der Waals surface area contributed by atoms with Gasteiger partial charge in [0, 0.05) is 23.0 Å². The number of nitrogens with zero attached hydrogens (tertiary/aromatic N) is 4. The first kappa shape index (κ1) is 25.6. The minimum Gasteiger partial charge on any atom is -0.335 e. The maximum absolute atomic E-state index is 13.4. The maximum atomic E-state index is 13.4. The Labute approximate surface area is 228 Å². The Morgan fingerprint density at radius 1 is 1.05 bits per heavy atom. The second-order valence-corrected chi connectivity index (χ2v) is 11.3. The lowest BCUT2D eigenvalue weighted by Crippen LogP contribution is -2.33. The van der Waals surface area contributed by atoms with Gasteiger partial charge in [0.15, 0.2) is 0 Å². The molecule has 0 unspecified atom stereocenters. The SMILES string of the molecule is CCCCN1C(=CC=c2sc(=C3C(=O)N(c4ccccc4)N=C3C)n(CC)c2=O)Sc2ccc(Cl)cc21. The van der Waals surface area contributed by atoms with Crippen LogP contribution in [0.1, 0.15) is 33.6 Å². The van der Waals surface area contributed by atoms with E-state index in [2.05, 4.69) is 16.9 Å². The number of hydrazone groups is 1. The molecule has 9 heteroatoms. The van der Waals surface area contributed by atoms with E-state index >= 15 is 0 Å². The van der Waals surface area contributed by atoms with Gasteiger partial charge in [-0.3, -0.25) is 14.2 Å². The van der Waals surface area contributed by atoms with Gasteiger partial charge in [0.05, 0.1) is 32.2 Å². The lowest BCUT2D eigenvalue weighted by atomic mass is 10.2. The number of benzene rings is 2. The van der Waals surface area contributed by atoms with Crippen LogP contribution < -0.4 is 24.7 Å². The monoisotopic (exact) mass is 550 g/mol. The fourth-order valence-corrected chi connectivity index (χ4v) is 6.83. The molecule has 0 spiro atoms. The van der Waals surface area contributed by atoms with Gasteiger partial charge < -0.3 is 4.90 Å². The molecule has 0 atom stereocenters. The van der Waals surface area contributed by atoms with Gasteiger partial charge in [-0.05, 0) is 62.8 Å². The zero-order valence-corrected chi connectivity index (χ0v) is 23.3. The van der Waals surface area contributed by atoms with Crippen molar-refractivity contribution in [3.8, 4) is 0 Å². The number of amides is 1. The Hall–Kier alpha value is -3.07. The predicted octanol–water partition coefficient (Wildman–Crippen LogP) is 5.19. The van der Waals surface area contributed by atoms with Crippen molar-refractivity contribution < 1.29 is 4.79 Å². The second kappa shape index (κ2) is 10.7. The van der Waals surface area contributed by atoms with Gasteiger partial charge in [-0.25, -0.2) is 0 Å². The lowest BCUT2D eigenvalue weighted by Gasteiger charge is -2.20. The van der Waals surface area contributed by atoms with Crippen LogP contribution in [0.2, 0.25) is 5.02 Å². The summed E-state index contributed by atoms with van der Waals surface area (Å²) in [6, 6.07) is 15.3. The highest BCUT2D eigenvalue weighted by atomic mass is 35.5. The second-order valence-electron chi connectivity index (χ2n) is 8.72. The highest BCUT2D eigenvalue weighted by Crippen LogP contribution is 2.47. The number of aromatic nitrogens is 1. The number of rotatable bonds is 6. The van der Waals surface area contributed by atoms with Gasteiger partial charge >= 0.3 is 0 Å². The van der Waals surface area contributed by atoms with Gasteiger partial charge in [-0.15, -0.1) is 11.3 Å². The summed E-state index contributed by atoms with van der Waals surface area (Å²) < 4.78 is 2.89. The fraction of sp³-hybridized carbons (Fsp3) is 0.250. The number of halogens is 1. The average Bonchev–Trinajstić information content (AvgIpc) is 3.51. The minimum atomic E-state index is -0.221. The van der Waals surface area contributed by atoms with Crippen molar-refractivity contribution in [3.63, 3.8) is 0 Å². The molecule has 37 heavy (non-hydrogen) atoms. The van der Waals surface area contributed by atoms with Crippen LogP contribution in [0.3, 0.4) is 0 Å². The van der Waals surface area contributed by atoms with E-state index in [9.17, 15) is 9.59 Å². The first-order chi connectivity index (χ1) is 17.9. The number of unbranched alkanes of at least 4 members (excludes halogenated alkanes) is 1. The van der Waals surface area contributed by atoms with E-state index in [4.69, 9.17) is 11.6 Å². The van der Waals surface area contributed by atoms with Crippen molar-refractivity contribution in [1.29, 1.82) is 0 Å². The Morgan fingerprint density at radius 2 is 1.84 bits per heavy atom. The van der Waals surface area contributed by atoms with Crippen molar-refractivity contribution in [3.05, 3.63) is 84.2 Å². The Balaban J connectivity index is 1.58. The molecule has 0 bridgehead atoms. The highest BCUT2D eigenvalue weighted by Gasteiger charge is 2.31. The quantitative estimate of drug-likeness (QED) is 0.424. The van der Waals surface area contributed by atoms with Gasteiger partial charge in [0.1, 0.15) is 4.66 Å². The zero-order valence-electron chi connectivity index (χ0n) is 20.9. The predicted molar refractivity (Wildman–Crippen MR) is 156 cm³/mol. The topological polar surface area (TPSA) is 57.9 Å². The van der Waals surface area contributed by atoms with E-state index in [1.807, 2.05) is 74.5 Å². The van der Waals surface area contributed by atoms with Crippen molar-refractivity contribution in [2.45, 2.75) is 45.1 Å². The number of fused-ring (bicyclic) bond motifs is 1. The third kappa shape index (κ3) is 4.81. The van der Waals surface area contributed by atoms with Crippen LogP contribution >= 0.6 is 34.7 Å². The molecule has 3 heterocycles. The van der Waals surface area contributed by atoms with Crippen LogP contribution in [-0.2, 0) is 11.3 Å². The molecule has 0 aliphatic carbocycles. The highest BCUT2D eigenvalue weighted by molar-refractivity contribution is 8.03. The van der Waals surface area contributed by atoms with Gasteiger partial charge in [0.2, 0.25) is 0 Å². The summed E-state index contributed by atoms with van der Waals surface area (Å²) in [6.45, 7) is 7.24. The molecule has 0 saturated heterocycles. The standard InChI is InChI=1S/C28H27ClN4O2S2/c1-4-6-16-32-21-17-19(29)12-13-22(21)36-24(32)15-14-23-26(34)31(5-2)28(37-23)25-18(3)30-33(27(25)35)20-10-8-7-9-11-20/h7-15,17H,4-6,16H2,1-3H3. The number of hydrogen-bond donors (Lipinski definition) is 0. The Kier molecular flexibility index (Phi) is 7.42. The molecule has 1 amide bonds. The molecule has 1 aromatic heterocycles. The number of thiazole rings is 1. The molecule has 3 aromatic rings. The van der Waals surface area contributed by atoms with Gasteiger partial charge in [-0.2, -0.15) is 10.1 Å². The largest absolute Gasteiger partial charge is 0.335 e. The normalized spacial score (nSPS) is 18.3. The summed E-state index contributed by atoms with van der Waals surface area (Å²) in [7, 11) is 0. The third-order valence-electron chi connectivity index (χ3n) is 6.26. The zero-order chi connectivity index (χ0) is 26.1. The van der Waals surface area contributed by atoms with Crippen molar-refractivity contribution in [1.82, 2.24) is 4.57 Å². The number of allylic oxidation sites excluding steroid dienone is 1. The van der Waals surface area contributed by atoms with Crippen LogP contribution in [0.5, 0.6) is 0 Å². The summed E-state index contributed by atoms with van der Waals surface area (Å²) in [4.78, 5) is 30.2. The molecule has 0 radical (unpaired) electrons. The van der Waals surface area contributed by atoms with E-state index in [0.29, 0.717) is 37.7 Å². The van der Waals surface area contributed by atoms with Crippen molar-refractivity contribution in [2.75, 3.05) is 16.5 Å². The Bertz CT molecular complexity index is 1600. The molecule has 0 fully saturated rings. The maximum Gasteiger partial charge on any atom is 0.283 e. The molecular formula is C28H27ClN4O2S2. The first-order valence-corrected chi connectivity index (χ1v) is 14.3. The summed E-state index contributed by atoms with van der Waals surface area (Å²) in [5, 5.41) is 7.67. The molecule has 190 valence electrons. The number of hydrogen-bond acceptors (Lipinski definition) is 6. The molecule has 2 aliphatic rings. The van der Waals surface area contributed by atoms with Gasteiger partial charge in [0.25, 0.3) is 11.5 Å². The van der Waals surface area contributed by atoms with Crippen LogP contribution in [0, 0.1) is 0 Å². The first-order valence-electron chi connectivity index (χ1n) is 12.3. The van der Waals surface area contributed by atoms with Gasteiger partial charge in [-0.1, -0.05) is 54.9 Å².